The van der Waals surface area contributed by atoms with E-state index in [-0.39, 0.29) is 17.0 Å². The molecule has 0 fully saturated rings. The fourth-order valence-electron chi connectivity index (χ4n) is 0.669. The summed E-state index contributed by atoms with van der Waals surface area (Å²) < 4.78 is 4.97. The largest absolute Gasteiger partial charge is 0.457 e. The van der Waals surface area contributed by atoms with Gasteiger partial charge in [0.1, 0.15) is 0 Å². The molecule has 0 N–H and O–H groups in total. The van der Waals surface area contributed by atoms with Crippen LogP contribution in [0.4, 0.5) is 0 Å². The topological polar surface area (TPSA) is 59.1 Å². The van der Waals surface area contributed by atoms with Crippen molar-refractivity contribution in [3.05, 3.63) is 10.4 Å². The summed E-state index contributed by atoms with van der Waals surface area (Å²) in [4.78, 5) is 14.7. The van der Waals surface area contributed by atoms with Crippen molar-refractivity contribution in [2.75, 3.05) is 0 Å². The lowest BCUT2D eigenvalue weighted by Crippen LogP contribution is -2.13. The molecule has 0 aliphatic carbocycles. The monoisotopic (exact) mass is 200 g/mol. The Morgan fingerprint density at radius 1 is 1.77 bits per heavy atom. The number of carbonyl (C=O) groups excluding carboxylic acids is 1. The standard InChI is InChI=1S/C8H10NO3S/c1-3-5(2)12-8(11)7-9-6(10)4-13-7/h4-5H,3H2,1-2H3. The Morgan fingerprint density at radius 2 is 2.46 bits per heavy atom. The molecule has 1 unspecified atom stereocenters. The van der Waals surface area contributed by atoms with Gasteiger partial charge in [-0.2, -0.15) is 4.98 Å². The minimum atomic E-state index is -0.513. The highest BCUT2D eigenvalue weighted by molar-refractivity contribution is 7.11. The number of thiazole rings is 1. The van der Waals surface area contributed by atoms with Gasteiger partial charge in [-0.05, 0) is 13.3 Å². The maximum atomic E-state index is 11.2. The Kier molecular flexibility index (Phi) is 3.25. The number of esters is 1. The van der Waals surface area contributed by atoms with E-state index < -0.39 is 5.97 Å². The summed E-state index contributed by atoms with van der Waals surface area (Å²) in [7, 11) is 0. The van der Waals surface area contributed by atoms with Crippen LogP contribution in [0.5, 0.6) is 5.88 Å². The third-order valence-corrected chi connectivity index (χ3v) is 2.34. The number of nitrogens with zero attached hydrogens (tertiary/aromatic N) is 1. The van der Waals surface area contributed by atoms with E-state index in [0.29, 0.717) is 0 Å². The van der Waals surface area contributed by atoms with E-state index in [1.54, 1.807) is 6.92 Å². The number of hydrogen-bond donors (Lipinski definition) is 0. The van der Waals surface area contributed by atoms with Gasteiger partial charge >= 0.3 is 5.97 Å². The summed E-state index contributed by atoms with van der Waals surface area (Å²) in [6, 6.07) is 0. The number of rotatable bonds is 3. The van der Waals surface area contributed by atoms with Crippen LogP contribution in [0.15, 0.2) is 5.38 Å². The quantitative estimate of drug-likeness (QED) is 0.703. The molecule has 0 aliphatic rings. The highest BCUT2D eigenvalue weighted by atomic mass is 32.1. The van der Waals surface area contributed by atoms with Crippen LogP contribution >= 0.6 is 11.3 Å². The van der Waals surface area contributed by atoms with Crippen LogP contribution < -0.4 is 0 Å². The van der Waals surface area contributed by atoms with Crippen molar-refractivity contribution in [3.8, 4) is 5.88 Å². The van der Waals surface area contributed by atoms with Gasteiger partial charge in [0.15, 0.2) is 0 Å². The van der Waals surface area contributed by atoms with Crippen molar-refractivity contribution < 1.29 is 14.6 Å². The molecule has 1 aromatic rings. The number of aromatic nitrogens is 1. The van der Waals surface area contributed by atoms with Crippen LogP contribution in [0.3, 0.4) is 0 Å². The molecule has 0 aromatic carbocycles. The van der Waals surface area contributed by atoms with Crippen molar-refractivity contribution in [3.63, 3.8) is 0 Å². The molecule has 1 aromatic heterocycles. The fraction of sp³-hybridized carbons (Fsp3) is 0.500. The first-order valence-electron chi connectivity index (χ1n) is 3.97. The predicted octanol–water partition coefficient (Wildman–Crippen LogP) is 2.24. The Balaban J connectivity index is 2.58. The molecule has 1 heterocycles. The zero-order chi connectivity index (χ0) is 9.84. The molecule has 1 atom stereocenters. The summed E-state index contributed by atoms with van der Waals surface area (Å²) in [5, 5.41) is 12.1. The van der Waals surface area contributed by atoms with Crippen LogP contribution in [0.2, 0.25) is 0 Å². The van der Waals surface area contributed by atoms with E-state index in [0.717, 1.165) is 17.8 Å². The second-order valence-electron chi connectivity index (χ2n) is 2.62. The molecule has 0 aliphatic heterocycles. The number of ether oxygens (including phenoxy) is 1. The molecule has 13 heavy (non-hydrogen) atoms. The Morgan fingerprint density at radius 3 is 2.92 bits per heavy atom. The molecule has 1 radical (unpaired) electrons. The van der Waals surface area contributed by atoms with E-state index in [9.17, 15) is 9.90 Å². The molecule has 0 saturated heterocycles. The maximum absolute atomic E-state index is 11.2. The molecule has 4 nitrogen and oxygen atoms in total. The van der Waals surface area contributed by atoms with Crippen LogP contribution in [0.1, 0.15) is 30.1 Å². The minimum Gasteiger partial charge on any atom is -0.457 e. The lowest BCUT2D eigenvalue weighted by Gasteiger charge is -2.08. The first-order chi connectivity index (χ1) is 6.13. The van der Waals surface area contributed by atoms with E-state index in [1.165, 1.54) is 5.38 Å². The van der Waals surface area contributed by atoms with Crippen LogP contribution in [0.25, 0.3) is 0 Å². The normalized spacial score (nSPS) is 12.5. The van der Waals surface area contributed by atoms with Gasteiger partial charge in [0.25, 0.3) is 5.88 Å². The Labute approximate surface area is 80.2 Å². The van der Waals surface area contributed by atoms with Crippen molar-refractivity contribution in [1.82, 2.24) is 4.98 Å². The van der Waals surface area contributed by atoms with Crippen LogP contribution in [0, 0.1) is 0 Å². The van der Waals surface area contributed by atoms with Crippen molar-refractivity contribution >= 4 is 17.3 Å². The molecule has 1 rings (SSSR count). The van der Waals surface area contributed by atoms with Gasteiger partial charge < -0.3 is 4.74 Å². The van der Waals surface area contributed by atoms with Crippen molar-refractivity contribution in [1.29, 1.82) is 0 Å². The summed E-state index contributed by atoms with van der Waals surface area (Å²) in [6.07, 6.45) is 0.618. The van der Waals surface area contributed by atoms with E-state index >= 15 is 0 Å². The summed E-state index contributed by atoms with van der Waals surface area (Å²) in [5.41, 5.74) is 0. The third kappa shape index (κ3) is 2.69. The van der Waals surface area contributed by atoms with Gasteiger partial charge in [-0.1, -0.05) is 6.92 Å². The molecule has 0 spiro atoms. The zero-order valence-corrected chi connectivity index (χ0v) is 8.26. The van der Waals surface area contributed by atoms with E-state index in [2.05, 4.69) is 4.98 Å². The molecule has 0 bridgehead atoms. The average Bonchev–Trinajstić information content (AvgIpc) is 2.51. The van der Waals surface area contributed by atoms with Gasteiger partial charge in [0.05, 0.1) is 11.5 Å². The highest BCUT2D eigenvalue weighted by Gasteiger charge is 2.15. The van der Waals surface area contributed by atoms with Gasteiger partial charge in [-0.25, -0.2) is 4.79 Å². The average molecular weight is 200 g/mol. The Hall–Kier alpha value is -1.10. The number of carbonyl (C=O) groups is 1. The molecule has 5 heteroatoms. The second-order valence-corrected chi connectivity index (χ2v) is 3.47. The highest BCUT2D eigenvalue weighted by Crippen LogP contribution is 2.16. The molecular weight excluding hydrogens is 190 g/mol. The molecule has 0 saturated carbocycles. The van der Waals surface area contributed by atoms with E-state index in [1.807, 2.05) is 6.92 Å². The van der Waals surface area contributed by atoms with Crippen LogP contribution in [-0.4, -0.2) is 17.1 Å². The lowest BCUT2D eigenvalue weighted by molar-refractivity contribution is 0.0333. The van der Waals surface area contributed by atoms with Gasteiger partial charge in [-0.3, -0.25) is 5.11 Å². The molecule has 71 valence electrons. The zero-order valence-electron chi connectivity index (χ0n) is 7.44. The summed E-state index contributed by atoms with van der Waals surface area (Å²) in [6.45, 7) is 3.71. The van der Waals surface area contributed by atoms with Crippen LogP contribution in [-0.2, 0) is 9.84 Å². The van der Waals surface area contributed by atoms with Gasteiger partial charge in [0.2, 0.25) is 5.01 Å². The van der Waals surface area contributed by atoms with E-state index in [4.69, 9.17) is 4.74 Å². The summed E-state index contributed by atoms with van der Waals surface area (Å²) in [5.74, 6) is -0.900. The van der Waals surface area contributed by atoms with Gasteiger partial charge in [-0.15, -0.1) is 11.3 Å². The number of hydrogen-bond acceptors (Lipinski definition) is 4. The maximum Gasteiger partial charge on any atom is 0.367 e. The van der Waals surface area contributed by atoms with Gasteiger partial charge in [0, 0.05) is 0 Å². The lowest BCUT2D eigenvalue weighted by atomic mass is 10.3. The predicted molar refractivity (Wildman–Crippen MR) is 47.4 cm³/mol. The first kappa shape index (κ1) is 9.98. The Bertz CT molecular complexity index is 297. The third-order valence-electron chi connectivity index (χ3n) is 1.54. The van der Waals surface area contributed by atoms with Crippen molar-refractivity contribution in [2.24, 2.45) is 0 Å². The minimum absolute atomic E-state index is 0.130. The fourth-order valence-corrected chi connectivity index (χ4v) is 1.22. The first-order valence-corrected chi connectivity index (χ1v) is 4.85. The SMILES string of the molecule is CCC(C)OC(=O)c1nc([O])cs1. The smallest absolute Gasteiger partial charge is 0.367 e. The van der Waals surface area contributed by atoms with Crippen molar-refractivity contribution in [2.45, 2.75) is 26.4 Å². The summed E-state index contributed by atoms with van der Waals surface area (Å²) >= 11 is 1.01. The second kappa shape index (κ2) is 4.23. The molecular formula is C8H10NO3S. The molecule has 0 amide bonds.